The molecule has 1 N–H and O–H groups in total. The second-order valence-corrected chi connectivity index (χ2v) is 6.49. The molecule has 2 aromatic heterocycles. The molecule has 0 aliphatic heterocycles. The summed E-state index contributed by atoms with van der Waals surface area (Å²) in [5.41, 5.74) is -0.182. The first-order valence-electron chi connectivity index (χ1n) is 7.26. The number of carbonyl (C=O) groups excluding carboxylic acids is 1. The minimum atomic E-state index is -0.297. The van der Waals surface area contributed by atoms with Gasteiger partial charge in [-0.3, -0.25) is 14.9 Å². The van der Waals surface area contributed by atoms with Crippen molar-refractivity contribution in [1.29, 1.82) is 0 Å². The van der Waals surface area contributed by atoms with Gasteiger partial charge in [0.15, 0.2) is 0 Å². The van der Waals surface area contributed by atoms with Gasteiger partial charge in [0, 0.05) is 17.5 Å². The van der Waals surface area contributed by atoms with Crippen LogP contribution in [0.2, 0.25) is 0 Å². The van der Waals surface area contributed by atoms with Gasteiger partial charge in [0.2, 0.25) is 11.0 Å². The van der Waals surface area contributed by atoms with Gasteiger partial charge in [-0.05, 0) is 17.5 Å². The highest BCUT2D eigenvalue weighted by molar-refractivity contribution is 7.15. The van der Waals surface area contributed by atoms with E-state index in [9.17, 15) is 9.59 Å². The summed E-state index contributed by atoms with van der Waals surface area (Å²) in [6.07, 6.45) is 1.63. The van der Waals surface area contributed by atoms with Crippen LogP contribution in [0.15, 0.2) is 41.3 Å². The largest absolute Gasteiger partial charge is 0.306 e. The predicted molar refractivity (Wildman–Crippen MR) is 90.8 cm³/mol. The Bertz CT molecular complexity index is 914. The van der Waals surface area contributed by atoms with Crippen molar-refractivity contribution in [2.75, 3.05) is 5.32 Å². The lowest BCUT2D eigenvalue weighted by atomic mass is 10.2. The minimum absolute atomic E-state index is 0.0553. The molecule has 0 saturated heterocycles. The quantitative estimate of drug-likeness (QED) is 0.798. The van der Waals surface area contributed by atoms with E-state index in [1.807, 2.05) is 38.1 Å². The van der Waals surface area contributed by atoms with Crippen LogP contribution in [-0.2, 0) is 11.3 Å². The molecule has 0 radical (unpaired) electrons. The number of carbonyl (C=O) groups is 1. The van der Waals surface area contributed by atoms with E-state index >= 15 is 0 Å². The van der Waals surface area contributed by atoms with Crippen LogP contribution < -0.4 is 10.9 Å². The van der Waals surface area contributed by atoms with Crippen molar-refractivity contribution in [3.63, 3.8) is 0 Å². The summed E-state index contributed by atoms with van der Waals surface area (Å²) in [6, 6.07) is 9.14. The second kappa shape index (κ2) is 6.29. The maximum absolute atomic E-state index is 12.4. The number of fused-ring (bicyclic) bond motifs is 1. The number of amides is 1. The monoisotopic (exact) mass is 328 g/mol. The molecule has 0 bridgehead atoms. The Labute approximate surface area is 136 Å². The molecule has 7 heteroatoms. The lowest BCUT2D eigenvalue weighted by Gasteiger charge is -2.06. The Morgan fingerprint density at radius 1 is 1.26 bits per heavy atom. The molecule has 0 fully saturated rings. The Morgan fingerprint density at radius 2 is 2.04 bits per heavy atom. The molecule has 0 aliphatic rings. The van der Waals surface area contributed by atoms with Gasteiger partial charge in [0.05, 0.1) is 0 Å². The maximum Gasteiger partial charge on any atom is 0.258 e. The number of hydrogen-bond donors (Lipinski definition) is 1. The Balaban J connectivity index is 1.77. The molecule has 0 atom stereocenters. The van der Waals surface area contributed by atoms with E-state index in [-0.39, 0.29) is 23.9 Å². The highest BCUT2D eigenvalue weighted by atomic mass is 32.1. The summed E-state index contributed by atoms with van der Waals surface area (Å²) in [5.74, 6) is -0.0323. The average Bonchev–Trinajstić information content (AvgIpc) is 2.99. The van der Waals surface area contributed by atoms with Gasteiger partial charge in [0.1, 0.15) is 11.6 Å². The molecule has 0 aliphatic carbocycles. The molecule has 0 spiro atoms. The summed E-state index contributed by atoms with van der Waals surface area (Å²) < 4.78 is 1.39. The van der Waals surface area contributed by atoms with Crippen molar-refractivity contribution in [2.45, 2.75) is 26.3 Å². The van der Waals surface area contributed by atoms with Crippen molar-refractivity contribution >= 4 is 33.1 Å². The van der Waals surface area contributed by atoms with E-state index in [1.165, 1.54) is 15.9 Å². The van der Waals surface area contributed by atoms with Gasteiger partial charge >= 0.3 is 0 Å². The number of hydrogen-bond acceptors (Lipinski definition) is 5. The molecule has 3 aromatic rings. The first-order chi connectivity index (χ1) is 11.0. The number of nitrogens with one attached hydrogen (secondary N) is 1. The van der Waals surface area contributed by atoms with Crippen LogP contribution in [0.4, 0.5) is 5.13 Å². The summed E-state index contributed by atoms with van der Waals surface area (Å²) in [4.78, 5) is 24.5. The van der Waals surface area contributed by atoms with Crippen LogP contribution >= 0.6 is 11.3 Å². The van der Waals surface area contributed by atoms with Crippen LogP contribution in [0.5, 0.6) is 0 Å². The number of pyridine rings is 1. The van der Waals surface area contributed by atoms with E-state index in [2.05, 4.69) is 15.5 Å². The number of aromatic nitrogens is 3. The molecule has 118 valence electrons. The molecule has 1 aromatic carbocycles. The van der Waals surface area contributed by atoms with Crippen LogP contribution in [0.25, 0.3) is 10.8 Å². The zero-order valence-corrected chi connectivity index (χ0v) is 13.6. The number of anilines is 1. The first kappa shape index (κ1) is 15.4. The van der Waals surface area contributed by atoms with E-state index in [1.54, 1.807) is 12.3 Å². The normalized spacial score (nSPS) is 11.1. The summed E-state index contributed by atoms with van der Waals surface area (Å²) in [6.45, 7) is 3.97. The van der Waals surface area contributed by atoms with Crippen LogP contribution in [-0.4, -0.2) is 20.7 Å². The van der Waals surface area contributed by atoms with E-state index in [0.29, 0.717) is 10.5 Å². The van der Waals surface area contributed by atoms with Gasteiger partial charge < -0.3 is 4.57 Å². The third-order valence-corrected chi connectivity index (χ3v) is 4.52. The van der Waals surface area contributed by atoms with Crippen molar-refractivity contribution < 1.29 is 4.79 Å². The smallest absolute Gasteiger partial charge is 0.258 e. The van der Waals surface area contributed by atoms with Crippen molar-refractivity contribution in [3.05, 3.63) is 51.9 Å². The first-order valence-corrected chi connectivity index (χ1v) is 8.07. The number of benzene rings is 1. The summed E-state index contributed by atoms with van der Waals surface area (Å²) in [7, 11) is 0. The van der Waals surface area contributed by atoms with Gasteiger partial charge in [-0.1, -0.05) is 43.4 Å². The molecule has 2 heterocycles. The molecule has 6 nitrogen and oxygen atoms in total. The molecule has 0 saturated carbocycles. The lowest BCUT2D eigenvalue weighted by molar-refractivity contribution is -0.116. The zero-order valence-electron chi connectivity index (χ0n) is 12.8. The minimum Gasteiger partial charge on any atom is -0.306 e. The molecule has 3 rings (SSSR count). The van der Waals surface area contributed by atoms with Gasteiger partial charge in [-0.15, -0.1) is 10.2 Å². The van der Waals surface area contributed by atoms with E-state index in [0.717, 1.165) is 10.4 Å². The Morgan fingerprint density at radius 3 is 2.78 bits per heavy atom. The fraction of sp³-hybridized carbons (Fsp3) is 0.250. The van der Waals surface area contributed by atoms with E-state index in [4.69, 9.17) is 0 Å². The Kier molecular flexibility index (Phi) is 4.20. The average molecular weight is 328 g/mol. The van der Waals surface area contributed by atoms with E-state index < -0.39 is 0 Å². The molecular weight excluding hydrogens is 312 g/mol. The lowest BCUT2D eigenvalue weighted by Crippen LogP contribution is -2.27. The van der Waals surface area contributed by atoms with Crippen molar-refractivity contribution in [2.24, 2.45) is 0 Å². The SMILES string of the molecule is CC(C)c1nnc(NC(=O)Cn2ccc3ccccc3c2=O)s1. The van der Waals surface area contributed by atoms with Crippen LogP contribution in [0, 0.1) is 0 Å². The molecule has 0 unspecified atom stereocenters. The predicted octanol–water partition coefficient (Wildman–Crippen LogP) is 2.62. The summed E-state index contributed by atoms with van der Waals surface area (Å²) >= 11 is 1.35. The maximum atomic E-state index is 12.4. The fourth-order valence-corrected chi connectivity index (χ4v) is 2.95. The highest BCUT2D eigenvalue weighted by Crippen LogP contribution is 2.22. The Hall–Kier alpha value is -2.54. The van der Waals surface area contributed by atoms with Gasteiger partial charge in [-0.2, -0.15) is 0 Å². The third kappa shape index (κ3) is 3.29. The second-order valence-electron chi connectivity index (χ2n) is 5.48. The van der Waals surface area contributed by atoms with Crippen LogP contribution in [0.1, 0.15) is 24.8 Å². The van der Waals surface area contributed by atoms with Crippen LogP contribution in [0.3, 0.4) is 0 Å². The zero-order chi connectivity index (χ0) is 16.4. The molecular formula is C16H16N4O2S. The fourth-order valence-electron chi connectivity index (χ4n) is 2.19. The number of rotatable bonds is 4. The molecule has 1 amide bonds. The van der Waals surface area contributed by atoms with Crippen molar-refractivity contribution in [3.8, 4) is 0 Å². The topological polar surface area (TPSA) is 76.9 Å². The number of nitrogens with zero attached hydrogens (tertiary/aromatic N) is 3. The third-order valence-electron chi connectivity index (χ3n) is 3.38. The highest BCUT2D eigenvalue weighted by Gasteiger charge is 2.12. The van der Waals surface area contributed by atoms with Crippen molar-refractivity contribution in [1.82, 2.24) is 14.8 Å². The van der Waals surface area contributed by atoms with Gasteiger partial charge in [-0.25, -0.2) is 0 Å². The van der Waals surface area contributed by atoms with Gasteiger partial charge in [0.25, 0.3) is 5.56 Å². The molecule has 23 heavy (non-hydrogen) atoms. The summed E-state index contributed by atoms with van der Waals surface area (Å²) in [5, 5.41) is 13.4. The standard InChI is InChI=1S/C16H16N4O2S/c1-10(2)14-18-19-16(23-14)17-13(21)9-20-8-7-11-5-3-4-6-12(11)15(20)22/h3-8,10H,9H2,1-2H3,(H,17,19,21).